The number of rotatable bonds is 41. The number of nitrogens with one attached hydrogen (secondary N) is 1. The molecule has 0 aromatic carbocycles. The highest BCUT2D eigenvalue weighted by molar-refractivity contribution is 5.76. The molecule has 0 radical (unpaired) electrons. The number of unbranched alkanes of at least 4 members (excludes halogenated alkanes) is 28. The minimum Gasteiger partial charge on any atom is -0.394 e. The van der Waals surface area contributed by atoms with E-state index in [0.717, 1.165) is 32.1 Å². The number of aliphatic hydroxyl groups excluding tert-OH is 3. The second-order valence-corrected chi connectivity index (χ2v) is 15.6. The zero-order chi connectivity index (χ0) is 38.0. The van der Waals surface area contributed by atoms with Crippen molar-refractivity contribution in [2.24, 2.45) is 0 Å². The summed E-state index contributed by atoms with van der Waals surface area (Å²) in [6.45, 7) is 4.17. The SMILES string of the molecule is CCCCCC/C=C/CC/C=C/C(O)C(CO)NC(=O)CC(O)CCCCCCCCCCCCC/C=C\CCCCCCCCCCCCCC. The summed E-state index contributed by atoms with van der Waals surface area (Å²) in [6.07, 6.45) is 53.1. The van der Waals surface area contributed by atoms with E-state index in [9.17, 15) is 20.1 Å². The molecule has 0 saturated carbocycles. The van der Waals surface area contributed by atoms with Gasteiger partial charge in [0, 0.05) is 0 Å². The molecule has 3 atom stereocenters. The third-order valence-corrected chi connectivity index (χ3v) is 10.4. The lowest BCUT2D eigenvalue weighted by molar-refractivity contribution is -0.124. The van der Waals surface area contributed by atoms with E-state index in [1.807, 2.05) is 6.08 Å². The Kier molecular flexibility index (Phi) is 41.1. The topological polar surface area (TPSA) is 89.8 Å². The maximum absolute atomic E-state index is 12.4. The van der Waals surface area contributed by atoms with Crippen molar-refractivity contribution in [1.82, 2.24) is 5.32 Å². The second-order valence-electron chi connectivity index (χ2n) is 15.6. The fraction of sp³-hybridized carbons (Fsp3) is 0.851. The van der Waals surface area contributed by atoms with Gasteiger partial charge in [0.15, 0.2) is 0 Å². The minimum absolute atomic E-state index is 0.00570. The molecule has 0 heterocycles. The van der Waals surface area contributed by atoms with Crippen molar-refractivity contribution in [1.29, 1.82) is 0 Å². The van der Waals surface area contributed by atoms with Gasteiger partial charge in [0.1, 0.15) is 0 Å². The average molecular weight is 732 g/mol. The van der Waals surface area contributed by atoms with Gasteiger partial charge in [0.05, 0.1) is 31.3 Å². The molecule has 5 heteroatoms. The molecular formula is C47H89NO4. The smallest absolute Gasteiger partial charge is 0.222 e. The first kappa shape index (κ1) is 50.6. The quantitative estimate of drug-likeness (QED) is 0.0372. The zero-order valence-corrected chi connectivity index (χ0v) is 34.7. The van der Waals surface area contributed by atoms with Crippen LogP contribution in [0, 0.1) is 0 Å². The second kappa shape index (κ2) is 42.3. The summed E-state index contributed by atoms with van der Waals surface area (Å²) in [7, 11) is 0. The summed E-state index contributed by atoms with van der Waals surface area (Å²) in [5, 5.41) is 33.1. The first-order valence-corrected chi connectivity index (χ1v) is 22.8. The maximum atomic E-state index is 12.4. The van der Waals surface area contributed by atoms with Crippen LogP contribution in [0.5, 0.6) is 0 Å². The molecule has 0 spiro atoms. The van der Waals surface area contributed by atoms with E-state index in [1.54, 1.807) is 6.08 Å². The van der Waals surface area contributed by atoms with E-state index in [2.05, 4.69) is 43.5 Å². The van der Waals surface area contributed by atoms with Crippen molar-refractivity contribution in [3.63, 3.8) is 0 Å². The molecule has 5 nitrogen and oxygen atoms in total. The molecule has 0 rings (SSSR count). The summed E-state index contributed by atoms with van der Waals surface area (Å²) >= 11 is 0. The third-order valence-electron chi connectivity index (χ3n) is 10.4. The molecule has 0 bridgehead atoms. The maximum Gasteiger partial charge on any atom is 0.222 e. The van der Waals surface area contributed by atoms with E-state index in [0.29, 0.717) is 6.42 Å². The van der Waals surface area contributed by atoms with Crippen molar-refractivity contribution in [2.45, 2.75) is 250 Å². The summed E-state index contributed by atoms with van der Waals surface area (Å²) in [5.74, 6) is -0.327. The van der Waals surface area contributed by atoms with Crippen LogP contribution in [0.1, 0.15) is 232 Å². The fourth-order valence-electron chi connectivity index (χ4n) is 6.88. The van der Waals surface area contributed by atoms with E-state index >= 15 is 0 Å². The average Bonchev–Trinajstić information content (AvgIpc) is 3.14. The number of aliphatic hydroxyl groups is 3. The summed E-state index contributed by atoms with van der Waals surface area (Å²) in [4.78, 5) is 12.4. The summed E-state index contributed by atoms with van der Waals surface area (Å²) in [5.41, 5.74) is 0. The number of hydrogen-bond acceptors (Lipinski definition) is 4. The van der Waals surface area contributed by atoms with Gasteiger partial charge in [-0.2, -0.15) is 0 Å². The van der Waals surface area contributed by atoms with Gasteiger partial charge < -0.3 is 20.6 Å². The van der Waals surface area contributed by atoms with Gasteiger partial charge in [-0.15, -0.1) is 0 Å². The predicted octanol–water partition coefficient (Wildman–Crippen LogP) is 13.2. The highest BCUT2D eigenvalue weighted by atomic mass is 16.3. The first-order valence-electron chi connectivity index (χ1n) is 22.8. The van der Waals surface area contributed by atoms with E-state index < -0.39 is 18.2 Å². The Hall–Kier alpha value is -1.43. The van der Waals surface area contributed by atoms with Gasteiger partial charge in [-0.05, 0) is 57.8 Å². The van der Waals surface area contributed by atoms with E-state index in [1.165, 1.54) is 173 Å². The fourth-order valence-corrected chi connectivity index (χ4v) is 6.88. The molecule has 306 valence electrons. The normalized spacial score (nSPS) is 13.9. The molecule has 1 amide bonds. The van der Waals surface area contributed by atoms with Crippen molar-refractivity contribution in [2.75, 3.05) is 6.61 Å². The van der Waals surface area contributed by atoms with Crippen molar-refractivity contribution >= 4 is 5.91 Å². The predicted molar refractivity (Wildman–Crippen MR) is 227 cm³/mol. The number of amides is 1. The van der Waals surface area contributed by atoms with Gasteiger partial charge in [-0.1, -0.05) is 204 Å². The van der Waals surface area contributed by atoms with Crippen LogP contribution in [0.2, 0.25) is 0 Å². The standard InChI is InChI=1S/C47H89NO4/c1-3-5-7-9-11-13-15-16-17-18-19-20-21-22-23-24-25-26-27-28-29-30-31-32-34-36-38-40-44(50)42-47(52)48-45(43-49)46(51)41-39-37-35-33-14-12-10-8-6-4-2/h14,22-23,33,39,41,44-46,49-51H,3-13,15-21,24-32,34-38,40,42-43H2,1-2H3,(H,48,52)/b23-22-,33-14+,41-39+. The monoisotopic (exact) mass is 732 g/mol. The summed E-state index contributed by atoms with van der Waals surface area (Å²) in [6, 6.07) is -0.758. The lowest BCUT2D eigenvalue weighted by atomic mass is 10.0. The summed E-state index contributed by atoms with van der Waals surface area (Å²) < 4.78 is 0. The Labute approximate surface area is 324 Å². The van der Waals surface area contributed by atoms with Gasteiger partial charge in [0.25, 0.3) is 0 Å². The highest BCUT2D eigenvalue weighted by Crippen LogP contribution is 2.15. The Morgan fingerprint density at radius 1 is 0.481 bits per heavy atom. The van der Waals surface area contributed by atoms with Crippen LogP contribution in [0.25, 0.3) is 0 Å². The third kappa shape index (κ3) is 38.3. The Morgan fingerprint density at radius 3 is 1.25 bits per heavy atom. The van der Waals surface area contributed by atoms with Gasteiger partial charge in [-0.3, -0.25) is 4.79 Å². The molecular weight excluding hydrogens is 643 g/mol. The lowest BCUT2D eigenvalue weighted by Crippen LogP contribution is -2.45. The molecule has 0 saturated heterocycles. The van der Waals surface area contributed by atoms with Gasteiger partial charge >= 0.3 is 0 Å². The molecule has 3 unspecified atom stereocenters. The molecule has 0 aliphatic rings. The van der Waals surface area contributed by atoms with Crippen LogP contribution in [0.3, 0.4) is 0 Å². The van der Waals surface area contributed by atoms with Crippen molar-refractivity contribution < 1.29 is 20.1 Å². The van der Waals surface area contributed by atoms with Crippen LogP contribution in [-0.2, 0) is 4.79 Å². The van der Waals surface area contributed by atoms with Crippen LogP contribution < -0.4 is 5.32 Å². The Morgan fingerprint density at radius 2 is 0.827 bits per heavy atom. The van der Waals surface area contributed by atoms with Gasteiger partial charge in [-0.25, -0.2) is 0 Å². The lowest BCUT2D eigenvalue weighted by Gasteiger charge is -2.21. The molecule has 4 N–H and O–H groups in total. The van der Waals surface area contributed by atoms with E-state index in [-0.39, 0.29) is 18.9 Å². The molecule has 0 aromatic heterocycles. The highest BCUT2D eigenvalue weighted by Gasteiger charge is 2.20. The molecule has 0 fully saturated rings. The van der Waals surface area contributed by atoms with Crippen molar-refractivity contribution in [3.05, 3.63) is 36.5 Å². The Balaban J connectivity index is 3.56. The zero-order valence-electron chi connectivity index (χ0n) is 34.7. The number of allylic oxidation sites excluding steroid dienone is 5. The Bertz CT molecular complexity index is 809. The number of hydrogen-bond donors (Lipinski definition) is 4. The molecule has 0 aliphatic heterocycles. The van der Waals surface area contributed by atoms with Crippen LogP contribution >= 0.6 is 0 Å². The number of carbonyl (C=O) groups is 1. The van der Waals surface area contributed by atoms with Crippen LogP contribution in [0.15, 0.2) is 36.5 Å². The first-order chi connectivity index (χ1) is 25.5. The van der Waals surface area contributed by atoms with E-state index in [4.69, 9.17) is 0 Å². The van der Waals surface area contributed by atoms with Gasteiger partial charge in [0.2, 0.25) is 5.91 Å². The minimum atomic E-state index is -0.949. The molecule has 0 aromatic rings. The van der Waals surface area contributed by atoms with Crippen LogP contribution in [0.4, 0.5) is 0 Å². The number of carbonyl (C=O) groups excluding carboxylic acids is 1. The largest absolute Gasteiger partial charge is 0.394 e. The molecule has 0 aliphatic carbocycles. The van der Waals surface area contributed by atoms with Crippen LogP contribution in [-0.4, -0.2) is 46.1 Å². The van der Waals surface area contributed by atoms with Crippen molar-refractivity contribution in [3.8, 4) is 0 Å². The molecule has 52 heavy (non-hydrogen) atoms.